The summed E-state index contributed by atoms with van der Waals surface area (Å²) in [5.74, 6) is 0.778. The van der Waals surface area contributed by atoms with Gasteiger partial charge in [0.2, 0.25) is 0 Å². The first-order chi connectivity index (χ1) is 12.6. The molecule has 0 spiro atoms. The number of carbonyl (C=O) groups is 1. The molecule has 0 radical (unpaired) electrons. The van der Waals surface area contributed by atoms with E-state index in [1.807, 2.05) is 13.0 Å². The van der Waals surface area contributed by atoms with Crippen LogP contribution < -0.4 is 5.32 Å². The van der Waals surface area contributed by atoms with Crippen molar-refractivity contribution < 1.29 is 18.0 Å². The SMILES string of the molecule is Cc1ccc(-c2cc(C(=O)Nc3ccc(-c4ccco4)cc3F)n[nH]2)o1. The molecule has 2 N–H and O–H groups in total. The number of anilines is 1. The van der Waals surface area contributed by atoms with Gasteiger partial charge in [0.25, 0.3) is 5.91 Å². The van der Waals surface area contributed by atoms with Gasteiger partial charge >= 0.3 is 0 Å². The number of hydrogen-bond acceptors (Lipinski definition) is 4. The summed E-state index contributed by atoms with van der Waals surface area (Å²) in [5, 5.41) is 9.20. The quantitative estimate of drug-likeness (QED) is 0.561. The summed E-state index contributed by atoms with van der Waals surface area (Å²) in [5.41, 5.74) is 1.34. The van der Waals surface area contributed by atoms with Crippen LogP contribution >= 0.6 is 0 Å². The number of aromatic nitrogens is 2. The third-order valence-corrected chi connectivity index (χ3v) is 3.84. The second kappa shape index (κ2) is 6.36. The fourth-order valence-electron chi connectivity index (χ4n) is 2.54. The smallest absolute Gasteiger partial charge is 0.276 e. The van der Waals surface area contributed by atoms with Gasteiger partial charge in [-0.1, -0.05) is 0 Å². The Bertz CT molecular complexity index is 1060. The number of nitrogens with one attached hydrogen (secondary N) is 2. The zero-order valence-corrected chi connectivity index (χ0v) is 13.7. The maximum Gasteiger partial charge on any atom is 0.276 e. The van der Waals surface area contributed by atoms with E-state index in [1.54, 1.807) is 30.3 Å². The molecule has 0 unspecified atom stereocenters. The summed E-state index contributed by atoms with van der Waals surface area (Å²) < 4.78 is 25.0. The lowest BCUT2D eigenvalue weighted by molar-refractivity contribution is 0.102. The molecule has 4 rings (SSSR count). The zero-order chi connectivity index (χ0) is 18.1. The van der Waals surface area contributed by atoms with E-state index in [0.717, 1.165) is 5.76 Å². The number of furan rings is 2. The standard InChI is InChI=1S/C19H14FN3O3/c1-11-4-7-18(26-11)15-10-16(23-22-15)19(24)21-14-6-5-12(9-13(14)20)17-3-2-8-25-17/h2-10H,1H3,(H,21,24)(H,22,23). The molecule has 0 saturated heterocycles. The summed E-state index contributed by atoms with van der Waals surface area (Å²) in [4.78, 5) is 12.3. The van der Waals surface area contributed by atoms with E-state index in [2.05, 4.69) is 15.5 Å². The highest BCUT2D eigenvalue weighted by molar-refractivity contribution is 6.03. The van der Waals surface area contributed by atoms with Crippen LogP contribution in [-0.2, 0) is 0 Å². The number of hydrogen-bond donors (Lipinski definition) is 2. The highest BCUT2D eigenvalue weighted by Gasteiger charge is 2.15. The van der Waals surface area contributed by atoms with Crippen LogP contribution in [0, 0.1) is 12.7 Å². The summed E-state index contributed by atoms with van der Waals surface area (Å²) in [6, 6.07) is 13.0. The average Bonchev–Trinajstić information content (AvgIpc) is 3.37. The van der Waals surface area contributed by atoms with Crippen molar-refractivity contribution in [3.8, 4) is 22.8 Å². The Labute approximate surface area is 147 Å². The second-order valence-corrected chi connectivity index (χ2v) is 5.70. The Kier molecular flexibility index (Phi) is 3.89. The topological polar surface area (TPSA) is 84.1 Å². The maximum atomic E-state index is 14.3. The predicted molar refractivity (Wildman–Crippen MR) is 93.1 cm³/mol. The Morgan fingerprint density at radius 2 is 2.04 bits per heavy atom. The van der Waals surface area contributed by atoms with E-state index < -0.39 is 11.7 Å². The van der Waals surface area contributed by atoms with E-state index in [0.29, 0.717) is 22.8 Å². The van der Waals surface area contributed by atoms with Crippen LogP contribution in [0.3, 0.4) is 0 Å². The van der Waals surface area contributed by atoms with Gasteiger partial charge in [-0.3, -0.25) is 9.89 Å². The highest BCUT2D eigenvalue weighted by atomic mass is 19.1. The van der Waals surface area contributed by atoms with Gasteiger partial charge in [-0.05, 0) is 49.4 Å². The molecule has 0 atom stereocenters. The molecule has 26 heavy (non-hydrogen) atoms. The van der Waals surface area contributed by atoms with Gasteiger partial charge in [0.15, 0.2) is 11.5 Å². The second-order valence-electron chi connectivity index (χ2n) is 5.70. The molecule has 1 aromatic carbocycles. The maximum absolute atomic E-state index is 14.3. The first kappa shape index (κ1) is 15.9. The molecule has 0 aliphatic carbocycles. The molecule has 6 nitrogen and oxygen atoms in total. The molecule has 3 heterocycles. The third kappa shape index (κ3) is 3.02. The van der Waals surface area contributed by atoms with Gasteiger partial charge in [0, 0.05) is 11.6 Å². The van der Waals surface area contributed by atoms with Crippen LogP contribution in [-0.4, -0.2) is 16.1 Å². The Morgan fingerprint density at radius 1 is 1.15 bits per heavy atom. The number of benzene rings is 1. The fraction of sp³-hybridized carbons (Fsp3) is 0.0526. The molecular weight excluding hydrogens is 337 g/mol. The number of halogens is 1. The minimum atomic E-state index is -0.565. The lowest BCUT2D eigenvalue weighted by Crippen LogP contribution is -2.13. The van der Waals surface area contributed by atoms with Gasteiger partial charge in [-0.25, -0.2) is 4.39 Å². The van der Waals surface area contributed by atoms with Crippen LogP contribution in [0.1, 0.15) is 16.2 Å². The molecule has 0 aliphatic rings. The predicted octanol–water partition coefficient (Wildman–Crippen LogP) is 4.63. The van der Waals surface area contributed by atoms with Crippen molar-refractivity contribution >= 4 is 11.6 Å². The lowest BCUT2D eigenvalue weighted by Gasteiger charge is -2.06. The van der Waals surface area contributed by atoms with Gasteiger partial charge in [0.05, 0.1) is 12.0 Å². The number of aromatic amines is 1. The Hall–Kier alpha value is -3.61. The van der Waals surface area contributed by atoms with E-state index in [1.165, 1.54) is 18.4 Å². The van der Waals surface area contributed by atoms with Crippen molar-refractivity contribution in [1.82, 2.24) is 10.2 Å². The van der Waals surface area contributed by atoms with Crippen LogP contribution in [0.15, 0.2) is 63.6 Å². The van der Waals surface area contributed by atoms with E-state index in [4.69, 9.17) is 8.83 Å². The molecule has 7 heteroatoms. The number of H-pyrrole nitrogens is 1. The first-order valence-corrected chi connectivity index (χ1v) is 7.87. The van der Waals surface area contributed by atoms with Gasteiger partial charge in [0.1, 0.15) is 23.0 Å². The lowest BCUT2D eigenvalue weighted by atomic mass is 10.1. The molecule has 4 aromatic rings. The number of carbonyl (C=O) groups excluding carboxylic acids is 1. The number of rotatable bonds is 4. The van der Waals surface area contributed by atoms with Crippen LogP contribution in [0.25, 0.3) is 22.8 Å². The molecule has 130 valence electrons. The summed E-state index contributed by atoms with van der Waals surface area (Å²) in [6.07, 6.45) is 1.51. The van der Waals surface area contributed by atoms with Crippen LogP contribution in [0.5, 0.6) is 0 Å². The van der Waals surface area contributed by atoms with Crippen molar-refractivity contribution in [3.63, 3.8) is 0 Å². The Morgan fingerprint density at radius 3 is 2.73 bits per heavy atom. The average molecular weight is 351 g/mol. The van der Waals surface area contributed by atoms with E-state index in [9.17, 15) is 9.18 Å². The van der Waals surface area contributed by atoms with Gasteiger partial charge in [-0.15, -0.1) is 0 Å². The van der Waals surface area contributed by atoms with Gasteiger partial charge < -0.3 is 14.2 Å². The molecule has 0 saturated carbocycles. The molecule has 1 amide bonds. The normalized spacial score (nSPS) is 10.8. The first-order valence-electron chi connectivity index (χ1n) is 7.87. The van der Waals surface area contributed by atoms with Crippen molar-refractivity contribution in [1.29, 1.82) is 0 Å². The molecular formula is C19H14FN3O3. The van der Waals surface area contributed by atoms with Crippen molar-refractivity contribution in [3.05, 3.63) is 72.1 Å². The van der Waals surface area contributed by atoms with E-state index in [-0.39, 0.29) is 11.4 Å². The van der Waals surface area contributed by atoms with E-state index >= 15 is 0 Å². The number of nitrogens with zero attached hydrogens (tertiary/aromatic N) is 1. The molecule has 3 aromatic heterocycles. The third-order valence-electron chi connectivity index (χ3n) is 3.84. The fourth-order valence-corrected chi connectivity index (χ4v) is 2.54. The van der Waals surface area contributed by atoms with Crippen molar-refractivity contribution in [2.75, 3.05) is 5.32 Å². The summed E-state index contributed by atoms with van der Waals surface area (Å²) in [6.45, 7) is 1.82. The minimum absolute atomic E-state index is 0.0590. The van der Waals surface area contributed by atoms with Crippen molar-refractivity contribution in [2.45, 2.75) is 6.92 Å². The minimum Gasteiger partial charge on any atom is -0.464 e. The van der Waals surface area contributed by atoms with Crippen LogP contribution in [0.2, 0.25) is 0 Å². The monoisotopic (exact) mass is 351 g/mol. The van der Waals surface area contributed by atoms with Crippen molar-refractivity contribution in [2.24, 2.45) is 0 Å². The zero-order valence-electron chi connectivity index (χ0n) is 13.7. The molecule has 0 aliphatic heterocycles. The van der Waals surface area contributed by atoms with Gasteiger partial charge in [-0.2, -0.15) is 5.10 Å². The highest BCUT2D eigenvalue weighted by Crippen LogP contribution is 2.25. The number of aryl methyl sites for hydroxylation is 1. The Balaban J connectivity index is 1.52. The molecule has 0 bridgehead atoms. The van der Waals surface area contributed by atoms with Crippen LogP contribution in [0.4, 0.5) is 10.1 Å². The summed E-state index contributed by atoms with van der Waals surface area (Å²) >= 11 is 0. The summed E-state index contributed by atoms with van der Waals surface area (Å²) in [7, 11) is 0. The number of amides is 1. The largest absolute Gasteiger partial charge is 0.464 e. The molecule has 0 fully saturated rings.